The second-order valence-corrected chi connectivity index (χ2v) is 8.47. The number of aliphatic hydroxyl groups excluding tert-OH is 1. The molecule has 0 spiro atoms. The molecule has 3 heterocycles. The molecule has 0 bridgehead atoms. The lowest BCUT2D eigenvalue weighted by atomic mass is 9.88. The average Bonchev–Trinajstić information content (AvgIpc) is 3.35. The van der Waals surface area contributed by atoms with Crippen LogP contribution in [0.1, 0.15) is 37.2 Å². The highest BCUT2D eigenvalue weighted by atomic mass is 35.5. The summed E-state index contributed by atoms with van der Waals surface area (Å²) in [6.07, 6.45) is -0.663. The molecule has 31 heavy (non-hydrogen) atoms. The first-order valence-electron chi connectivity index (χ1n) is 9.90. The molecule has 2 aromatic heterocycles. The molecule has 4 rings (SSSR count). The lowest BCUT2D eigenvalue weighted by Crippen LogP contribution is -2.25. The van der Waals surface area contributed by atoms with Gasteiger partial charge in [-0.15, -0.1) is 0 Å². The zero-order valence-electron chi connectivity index (χ0n) is 16.9. The minimum Gasteiger partial charge on any atom is -0.393 e. The van der Waals surface area contributed by atoms with Crippen molar-refractivity contribution in [1.82, 2.24) is 25.5 Å². The van der Waals surface area contributed by atoms with Gasteiger partial charge in [0.2, 0.25) is 11.9 Å². The second kappa shape index (κ2) is 8.82. The number of aromatic amines is 1. The maximum atomic E-state index is 12.3. The zero-order chi connectivity index (χ0) is 22.1. The van der Waals surface area contributed by atoms with Gasteiger partial charge in [-0.3, -0.25) is 9.89 Å². The van der Waals surface area contributed by atoms with E-state index >= 15 is 0 Å². The van der Waals surface area contributed by atoms with Crippen LogP contribution in [0, 0.1) is 5.92 Å². The predicted octanol–water partition coefficient (Wildman–Crippen LogP) is 3.56. The van der Waals surface area contributed by atoms with Gasteiger partial charge >= 0.3 is 0 Å². The Bertz CT molecular complexity index is 1090. The minimum atomic E-state index is -0.663. The molecule has 0 saturated carbocycles. The molecule has 4 atom stereocenters. The van der Waals surface area contributed by atoms with Gasteiger partial charge < -0.3 is 15.7 Å². The summed E-state index contributed by atoms with van der Waals surface area (Å²) < 4.78 is 0. The summed E-state index contributed by atoms with van der Waals surface area (Å²) in [4.78, 5) is 21.1. The monoisotopic (exact) mass is 460 g/mol. The van der Waals surface area contributed by atoms with Crippen LogP contribution >= 0.6 is 23.2 Å². The van der Waals surface area contributed by atoms with Gasteiger partial charge in [-0.05, 0) is 38.1 Å². The van der Waals surface area contributed by atoms with Gasteiger partial charge in [0, 0.05) is 23.0 Å². The third-order valence-corrected chi connectivity index (χ3v) is 5.87. The van der Waals surface area contributed by atoms with E-state index in [1.807, 2.05) is 37.3 Å². The van der Waals surface area contributed by atoms with Crippen LogP contribution in [0.3, 0.4) is 0 Å². The molecule has 1 saturated heterocycles. The number of H-pyrrole nitrogens is 1. The third kappa shape index (κ3) is 4.66. The lowest BCUT2D eigenvalue weighted by Gasteiger charge is -2.20. The fourth-order valence-electron chi connectivity index (χ4n) is 3.70. The summed E-state index contributed by atoms with van der Waals surface area (Å²) >= 11 is 12.2. The van der Waals surface area contributed by atoms with E-state index < -0.39 is 12.0 Å². The Morgan fingerprint density at radius 1 is 1.16 bits per heavy atom. The molecule has 3 aromatic rings. The van der Waals surface area contributed by atoms with Gasteiger partial charge in [0.25, 0.3) is 0 Å². The number of rotatable bonds is 6. The number of hydrogen-bond donors (Lipinski definition) is 4. The molecule has 8 nitrogen and oxygen atoms in total. The van der Waals surface area contributed by atoms with Crippen molar-refractivity contribution in [3.63, 3.8) is 0 Å². The molecule has 1 amide bonds. The van der Waals surface area contributed by atoms with Crippen LogP contribution in [0.15, 0.2) is 36.4 Å². The summed E-state index contributed by atoms with van der Waals surface area (Å²) in [6, 6.07) is 10.7. The van der Waals surface area contributed by atoms with E-state index in [0.717, 1.165) is 17.0 Å². The van der Waals surface area contributed by atoms with E-state index in [1.165, 1.54) is 0 Å². The number of anilines is 1. The number of hydrogen-bond acceptors (Lipinski definition) is 6. The Morgan fingerprint density at radius 3 is 2.61 bits per heavy atom. The summed E-state index contributed by atoms with van der Waals surface area (Å²) in [5.74, 6) is -0.749. The van der Waals surface area contributed by atoms with Crippen LogP contribution in [0.5, 0.6) is 0 Å². The van der Waals surface area contributed by atoms with Crippen molar-refractivity contribution in [3.05, 3.63) is 58.0 Å². The molecule has 1 aliphatic heterocycles. The topological polar surface area (TPSA) is 116 Å². The molecule has 4 N–H and O–H groups in total. The molecule has 1 aromatic carbocycles. The fourth-order valence-corrected chi connectivity index (χ4v) is 4.02. The maximum absolute atomic E-state index is 12.3. The third-order valence-electron chi connectivity index (χ3n) is 5.43. The number of nitrogens with zero attached hydrogens (tertiary/aromatic N) is 3. The van der Waals surface area contributed by atoms with Crippen LogP contribution < -0.4 is 10.6 Å². The summed E-state index contributed by atoms with van der Waals surface area (Å²) in [5, 5.41) is 24.3. The Morgan fingerprint density at radius 2 is 1.90 bits per heavy atom. The average molecular weight is 461 g/mol. The van der Waals surface area contributed by atoms with Crippen LogP contribution in [0.2, 0.25) is 10.2 Å². The summed E-state index contributed by atoms with van der Waals surface area (Å²) in [5.41, 5.74) is 3.03. The molecule has 0 radical (unpaired) electrons. The summed E-state index contributed by atoms with van der Waals surface area (Å²) in [7, 11) is 0. The minimum absolute atomic E-state index is 0.180. The zero-order valence-corrected chi connectivity index (χ0v) is 18.4. The molecule has 1 fully saturated rings. The van der Waals surface area contributed by atoms with Crippen LogP contribution in [0.4, 0.5) is 5.95 Å². The van der Waals surface area contributed by atoms with E-state index in [2.05, 4.69) is 30.8 Å². The molecule has 1 aliphatic rings. The van der Waals surface area contributed by atoms with Crippen molar-refractivity contribution in [2.24, 2.45) is 5.92 Å². The smallest absolute Gasteiger partial charge is 0.229 e. The number of carbonyl (C=O) groups is 1. The highest BCUT2D eigenvalue weighted by Gasteiger charge is 2.40. The SMILES string of the molecule is C[C@H](Nc1nc(Cl)cc([C@@H]2C(=O)NC[C@@H]2[C@@H](C)O)n1)c1cc(-c2ccc(Cl)cc2)n[nH]1. The number of aliphatic hydroxyl groups is 1. The van der Waals surface area contributed by atoms with Crippen molar-refractivity contribution in [3.8, 4) is 11.3 Å². The number of halogens is 2. The standard InChI is InChI=1S/C21H22Cl2N6O2/c1-10(15-7-16(29-28-15)12-3-5-13(22)6-4-12)25-21-26-17(8-18(23)27-21)19-14(11(2)30)9-24-20(19)31/h3-8,10-11,14,19,30H,9H2,1-2H3,(H,24,31)(H,28,29)(H,25,26,27)/t10-,11+,14+,19+/m0/s1. The van der Waals surface area contributed by atoms with Gasteiger partial charge in [-0.1, -0.05) is 35.3 Å². The Labute approximate surface area is 189 Å². The number of amides is 1. The quantitative estimate of drug-likeness (QED) is 0.418. The molecule has 10 heteroatoms. The van der Waals surface area contributed by atoms with Crippen molar-refractivity contribution < 1.29 is 9.90 Å². The highest BCUT2D eigenvalue weighted by Crippen LogP contribution is 2.32. The Balaban J connectivity index is 1.54. The van der Waals surface area contributed by atoms with Crippen molar-refractivity contribution in [2.45, 2.75) is 31.9 Å². The van der Waals surface area contributed by atoms with E-state index in [9.17, 15) is 9.90 Å². The Kier molecular flexibility index (Phi) is 6.13. The molecular weight excluding hydrogens is 439 g/mol. The van der Waals surface area contributed by atoms with E-state index in [1.54, 1.807) is 13.0 Å². The van der Waals surface area contributed by atoms with Gasteiger partial charge in [0.05, 0.1) is 35.1 Å². The lowest BCUT2D eigenvalue weighted by molar-refractivity contribution is -0.121. The molecular formula is C21H22Cl2N6O2. The van der Waals surface area contributed by atoms with Gasteiger partial charge in [-0.2, -0.15) is 5.10 Å². The molecule has 162 valence electrons. The van der Waals surface area contributed by atoms with Crippen LogP contribution in [-0.2, 0) is 4.79 Å². The van der Waals surface area contributed by atoms with Crippen molar-refractivity contribution in [1.29, 1.82) is 0 Å². The van der Waals surface area contributed by atoms with Gasteiger partial charge in [0.15, 0.2) is 0 Å². The second-order valence-electron chi connectivity index (χ2n) is 7.65. The normalized spacial score (nSPS) is 20.4. The number of nitrogens with one attached hydrogen (secondary N) is 3. The molecule has 0 unspecified atom stereocenters. The van der Waals surface area contributed by atoms with E-state index in [-0.39, 0.29) is 23.0 Å². The Hall–Kier alpha value is -2.68. The van der Waals surface area contributed by atoms with Gasteiger partial charge in [-0.25, -0.2) is 9.97 Å². The first kappa shape index (κ1) is 21.5. The maximum Gasteiger partial charge on any atom is 0.229 e. The van der Waals surface area contributed by atoms with Crippen LogP contribution in [-0.4, -0.2) is 43.8 Å². The van der Waals surface area contributed by atoms with E-state index in [0.29, 0.717) is 23.2 Å². The van der Waals surface area contributed by atoms with E-state index in [4.69, 9.17) is 23.2 Å². The largest absolute Gasteiger partial charge is 0.393 e. The molecule has 0 aliphatic carbocycles. The predicted molar refractivity (Wildman–Crippen MR) is 119 cm³/mol. The first-order valence-corrected chi connectivity index (χ1v) is 10.7. The number of aromatic nitrogens is 4. The van der Waals surface area contributed by atoms with Crippen molar-refractivity contribution >= 4 is 35.1 Å². The fraction of sp³-hybridized carbons (Fsp3) is 0.333. The van der Waals surface area contributed by atoms with Crippen LogP contribution in [0.25, 0.3) is 11.3 Å². The summed E-state index contributed by atoms with van der Waals surface area (Å²) in [6.45, 7) is 3.99. The first-order chi connectivity index (χ1) is 14.8. The highest BCUT2D eigenvalue weighted by molar-refractivity contribution is 6.30. The number of benzene rings is 1. The van der Waals surface area contributed by atoms with Crippen molar-refractivity contribution in [2.75, 3.05) is 11.9 Å². The van der Waals surface area contributed by atoms with Gasteiger partial charge in [0.1, 0.15) is 5.15 Å². The number of carbonyl (C=O) groups excluding carboxylic acids is 1.